The van der Waals surface area contributed by atoms with E-state index in [4.69, 9.17) is 0 Å². The first-order valence-electron chi connectivity index (χ1n) is 12.2. The van der Waals surface area contributed by atoms with E-state index < -0.39 is 0 Å². The van der Waals surface area contributed by atoms with Crippen LogP contribution in [0.25, 0.3) is 0 Å². The molecule has 4 nitrogen and oxygen atoms in total. The maximum Gasteiger partial charge on any atom is 0.225 e. The minimum atomic E-state index is 0.292. The van der Waals surface area contributed by atoms with E-state index in [0.717, 1.165) is 56.8 Å². The molecule has 3 aliphatic rings. The summed E-state index contributed by atoms with van der Waals surface area (Å²) >= 11 is 0. The van der Waals surface area contributed by atoms with Crippen LogP contribution in [-0.4, -0.2) is 72.5 Å². The van der Waals surface area contributed by atoms with Gasteiger partial charge < -0.3 is 14.7 Å². The van der Waals surface area contributed by atoms with Gasteiger partial charge in [0, 0.05) is 31.6 Å². The summed E-state index contributed by atoms with van der Waals surface area (Å²) in [5.41, 5.74) is 0. The number of likely N-dealkylation sites (tertiary alicyclic amines) is 3. The highest BCUT2D eigenvalue weighted by Crippen LogP contribution is 2.28. The topological polar surface area (TPSA) is 26.8 Å². The summed E-state index contributed by atoms with van der Waals surface area (Å²) in [6.07, 6.45) is 8.63. The van der Waals surface area contributed by atoms with Crippen LogP contribution in [0.15, 0.2) is 0 Å². The Kier molecular flexibility index (Phi) is 8.22. The molecule has 162 valence electrons. The van der Waals surface area contributed by atoms with Crippen molar-refractivity contribution in [3.63, 3.8) is 0 Å². The Hall–Kier alpha value is -0.610. The van der Waals surface area contributed by atoms with Crippen molar-refractivity contribution >= 4 is 5.91 Å². The zero-order chi connectivity index (χ0) is 20.1. The molecule has 0 spiro atoms. The van der Waals surface area contributed by atoms with Crippen molar-refractivity contribution in [3.8, 4) is 0 Å². The normalized spacial score (nSPS) is 25.1. The van der Waals surface area contributed by atoms with Crippen LogP contribution in [-0.2, 0) is 4.79 Å². The molecule has 3 aliphatic heterocycles. The van der Waals surface area contributed by atoms with E-state index in [1.165, 1.54) is 51.7 Å². The quantitative estimate of drug-likeness (QED) is 0.682. The minimum Gasteiger partial charge on any atom is -0.342 e. The molecule has 0 aromatic carbocycles. The molecule has 4 heteroatoms. The lowest BCUT2D eigenvalue weighted by Gasteiger charge is -2.40. The van der Waals surface area contributed by atoms with E-state index in [-0.39, 0.29) is 0 Å². The third-order valence-corrected chi connectivity index (χ3v) is 7.56. The van der Waals surface area contributed by atoms with Crippen LogP contribution in [0.3, 0.4) is 0 Å². The lowest BCUT2D eigenvalue weighted by Crippen LogP contribution is -2.47. The summed E-state index contributed by atoms with van der Waals surface area (Å²) in [6, 6.07) is 0.693. The Bertz CT molecular complexity index is 468. The van der Waals surface area contributed by atoms with Crippen LogP contribution in [0, 0.1) is 23.7 Å². The van der Waals surface area contributed by atoms with E-state index in [9.17, 15) is 4.79 Å². The van der Waals surface area contributed by atoms with E-state index in [0.29, 0.717) is 17.9 Å². The second-order valence-electron chi connectivity index (χ2n) is 10.5. The fraction of sp³-hybridized carbons (Fsp3) is 0.958. The molecule has 0 aliphatic carbocycles. The predicted octanol–water partition coefficient (Wildman–Crippen LogP) is 4.10. The van der Waals surface area contributed by atoms with Crippen LogP contribution >= 0.6 is 0 Å². The van der Waals surface area contributed by atoms with Crippen LogP contribution in [0.1, 0.15) is 72.6 Å². The summed E-state index contributed by atoms with van der Waals surface area (Å²) in [6.45, 7) is 17.3. The average Bonchev–Trinajstić information content (AvgIpc) is 2.68. The summed E-state index contributed by atoms with van der Waals surface area (Å²) < 4.78 is 0. The molecule has 3 rings (SSSR count). The van der Waals surface area contributed by atoms with Gasteiger partial charge in [0.2, 0.25) is 5.91 Å². The van der Waals surface area contributed by atoms with E-state index in [1.807, 2.05) is 0 Å². The van der Waals surface area contributed by atoms with Gasteiger partial charge in [0.25, 0.3) is 0 Å². The van der Waals surface area contributed by atoms with Gasteiger partial charge in [0.15, 0.2) is 0 Å². The number of hydrogen-bond acceptors (Lipinski definition) is 3. The van der Waals surface area contributed by atoms with Crippen LogP contribution < -0.4 is 0 Å². The van der Waals surface area contributed by atoms with Gasteiger partial charge >= 0.3 is 0 Å². The molecule has 0 bridgehead atoms. The Labute approximate surface area is 174 Å². The molecule has 28 heavy (non-hydrogen) atoms. The van der Waals surface area contributed by atoms with Crippen molar-refractivity contribution in [3.05, 3.63) is 0 Å². The monoisotopic (exact) mass is 391 g/mol. The molecule has 0 aromatic rings. The van der Waals surface area contributed by atoms with Gasteiger partial charge in [-0.25, -0.2) is 0 Å². The zero-order valence-corrected chi connectivity index (χ0v) is 19.0. The summed E-state index contributed by atoms with van der Waals surface area (Å²) in [7, 11) is 0. The number of nitrogens with zero attached hydrogens (tertiary/aromatic N) is 3. The molecule has 0 radical (unpaired) electrons. The highest BCUT2D eigenvalue weighted by Gasteiger charge is 2.32. The molecule has 0 atom stereocenters. The number of rotatable bonds is 6. The van der Waals surface area contributed by atoms with E-state index in [1.54, 1.807) is 0 Å². The highest BCUT2D eigenvalue weighted by atomic mass is 16.2. The highest BCUT2D eigenvalue weighted by molar-refractivity contribution is 5.79. The number of amides is 1. The fourth-order valence-corrected chi connectivity index (χ4v) is 5.69. The molecule has 3 saturated heterocycles. The van der Waals surface area contributed by atoms with Crippen LogP contribution in [0.2, 0.25) is 0 Å². The van der Waals surface area contributed by atoms with E-state index >= 15 is 0 Å². The Morgan fingerprint density at radius 1 is 0.786 bits per heavy atom. The smallest absolute Gasteiger partial charge is 0.225 e. The van der Waals surface area contributed by atoms with E-state index in [2.05, 4.69) is 42.4 Å². The fourth-order valence-electron chi connectivity index (χ4n) is 5.69. The lowest BCUT2D eigenvalue weighted by atomic mass is 9.87. The molecule has 3 fully saturated rings. The first-order chi connectivity index (χ1) is 13.4. The third kappa shape index (κ3) is 6.19. The number of hydrogen-bond donors (Lipinski definition) is 0. The van der Waals surface area contributed by atoms with Crippen LogP contribution in [0.5, 0.6) is 0 Å². The third-order valence-electron chi connectivity index (χ3n) is 7.56. The molecule has 0 saturated carbocycles. The molecular weight excluding hydrogens is 346 g/mol. The largest absolute Gasteiger partial charge is 0.342 e. The number of carbonyl (C=O) groups excluding carboxylic acids is 1. The Morgan fingerprint density at radius 3 is 1.89 bits per heavy atom. The lowest BCUT2D eigenvalue weighted by molar-refractivity contribution is -0.138. The molecule has 3 heterocycles. The van der Waals surface area contributed by atoms with Gasteiger partial charge in [-0.3, -0.25) is 4.79 Å². The molecule has 0 aromatic heterocycles. The second kappa shape index (κ2) is 10.4. The van der Waals surface area contributed by atoms with Gasteiger partial charge in [-0.05, 0) is 103 Å². The number of carbonyl (C=O) groups is 1. The maximum atomic E-state index is 13.0. The predicted molar refractivity (Wildman–Crippen MR) is 117 cm³/mol. The zero-order valence-electron chi connectivity index (χ0n) is 19.0. The summed E-state index contributed by atoms with van der Waals surface area (Å²) in [5, 5.41) is 0. The van der Waals surface area contributed by atoms with Gasteiger partial charge in [-0.2, -0.15) is 0 Å². The van der Waals surface area contributed by atoms with Crippen molar-refractivity contribution in [1.82, 2.24) is 14.7 Å². The molecular formula is C24H45N3O. The van der Waals surface area contributed by atoms with Gasteiger partial charge in [0.1, 0.15) is 0 Å². The van der Waals surface area contributed by atoms with Gasteiger partial charge in [0.05, 0.1) is 0 Å². The first-order valence-corrected chi connectivity index (χ1v) is 12.2. The van der Waals surface area contributed by atoms with Crippen molar-refractivity contribution in [2.75, 3.05) is 45.8 Å². The Morgan fingerprint density at radius 2 is 1.36 bits per heavy atom. The van der Waals surface area contributed by atoms with Crippen LogP contribution in [0.4, 0.5) is 0 Å². The number of piperidine rings is 3. The molecule has 1 amide bonds. The summed E-state index contributed by atoms with van der Waals surface area (Å²) in [5.74, 6) is 3.25. The Balaban J connectivity index is 1.34. The molecule has 0 unspecified atom stereocenters. The maximum absolute atomic E-state index is 13.0. The standard InChI is InChI=1S/C24H45N3O/c1-19(2)17-21-5-15-27(16-6-21)24(28)23-9-11-25(12-10-23)18-22-7-13-26(14-8-22)20(3)4/h19-23H,5-18H2,1-4H3. The van der Waals surface area contributed by atoms with Crippen molar-refractivity contribution in [2.24, 2.45) is 23.7 Å². The SMILES string of the molecule is CC(C)CC1CCN(C(=O)C2CCN(CC3CCN(C(C)C)CC3)CC2)CC1. The summed E-state index contributed by atoms with van der Waals surface area (Å²) in [4.78, 5) is 20.4. The van der Waals surface area contributed by atoms with Gasteiger partial charge in [-0.1, -0.05) is 13.8 Å². The first kappa shape index (κ1) is 22.1. The van der Waals surface area contributed by atoms with Gasteiger partial charge in [-0.15, -0.1) is 0 Å². The minimum absolute atomic E-state index is 0.292. The second-order valence-corrected chi connectivity index (χ2v) is 10.5. The average molecular weight is 392 g/mol. The molecule has 0 N–H and O–H groups in total. The van der Waals surface area contributed by atoms with Crippen molar-refractivity contribution < 1.29 is 4.79 Å². The van der Waals surface area contributed by atoms with Crippen molar-refractivity contribution in [2.45, 2.75) is 78.7 Å². The van der Waals surface area contributed by atoms with Crippen molar-refractivity contribution in [1.29, 1.82) is 0 Å².